The summed E-state index contributed by atoms with van der Waals surface area (Å²) in [6.45, 7) is 5.51. The highest BCUT2D eigenvalue weighted by molar-refractivity contribution is 7.99. The molecule has 1 aliphatic heterocycles. The van der Waals surface area contributed by atoms with Gasteiger partial charge in [0.25, 0.3) is 0 Å². The Morgan fingerprint density at radius 3 is 3.00 bits per heavy atom. The number of hydrogen-bond donors (Lipinski definition) is 2. The Bertz CT molecular complexity index is 209. The molecule has 0 bridgehead atoms. The lowest BCUT2D eigenvalue weighted by molar-refractivity contribution is 0.145. The Balaban J connectivity index is 1.93. The van der Waals surface area contributed by atoms with Crippen molar-refractivity contribution in [2.45, 2.75) is 37.9 Å². The maximum absolute atomic E-state index is 5.26. The predicted molar refractivity (Wildman–Crippen MR) is 79.8 cm³/mol. The zero-order chi connectivity index (χ0) is 12.3. The SMILES string of the molecule is CCOCCCNC(=S)NCC1CCCCS1. The van der Waals surface area contributed by atoms with Gasteiger partial charge in [-0.1, -0.05) is 6.42 Å². The molecule has 2 N–H and O–H groups in total. The molecule has 1 heterocycles. The molecule has 1 unspecified atom stereocenters. The lowest BCUT2D eigenvalue weighted by atomic mass is 10.2. The molecular formula is C12H24N2OS2. The van der Waals surface area contributed by atoms with Crippen molar-refractivity contribution in [3.8, 4) is 0 Å². The first-order valence-electron chi connectivity index (χ1n) is 6.54. The number of ether oxygens (including phenoxy) is 1. The summed E-state index contributed by atoms with van der Waals surface area (Å²) in [5.74, 6) is 1.31. The van der Waals surface area contributed by atoms with E-state index in [1.807, 2.05) is 6.92 Å². The van der Waals surface area contributed by atoms with E-state index in [9.17, 15) is 0 Å². The van der Waals surface area contributed by atoms with E-state index in [0.29, 0.717) is 0 Å². The molecule has 0 aromatic rings. The largest absolute Gasteiger partial charge is 0.382 e. The molecule has 0 aliphatic carbocycles. The van der Waals surface area contributed by atoms with Gasteiger partial charge >= 0.3 is 0 Å². The summed E-state index contributed by atoms with van der Waals surface area (Å²) in [6, 6.07) is 0. The molecule has 1 rings (SSSR count). The lowest BCUT2D eigenvalue weighted by Gasteiger charge is -2.22. The molecule has 0 saturated carbocycles. The number of thioether (sulfide) groups is 1. The Labute approximate surface area is 114 Å². The van der Waals surface area contributed by atoms with Gasteiger partial charge in [0.2, 0.25) is 0 Å². The summed E-state index contributed by atoms with van der Waals surface area (Å²) < 4.78 is 5.26. The highest BCUT2D eigenvalue weighted by atomic mass is 32.2. The van der Waals surface area contributed by atoms with Crippen molar-refractivity contribution in [3.05, 3.63) is 0 Å². The normalized spacial score (nSPS) is 19.9. The van der Waals surface area contributed by atoms with Crippen LogP contribution in [0, 0.1) is 0 Å². The summed E-state index contributed by atoms with van der Waals surface area (Å²) in [6.07, 6.45) is 5.08. The van der Waals surface area contributed by atoms with Gasteiger partial charge in [-0.2, -0.15) is 11.8 Å². The third-order valence-corrected chi connectivity index (χ3v) is 4.41. The van der Waals surface area contributed by atoms with E-state index in [0.717, 1.165) is 43.1 Å². The molecule has 0 amide bonds. The summed E-state index contributed by atoms with van der Waals surface area (Å²) in [5, 5.41) is 8.04. The monoisotopic (exact) mass is 276 g/mol. The molecular weight excluding hydrogens is 252 g/mol. The maximum Gasteiger partial charge on any atom is 0.166 e. The van der Waals surface area contributed by atoms with Gasteiger partial charge in [-0.25, -0.2) is 0 Å². The molecule has 0 aromatic heterocycles. The first kappa shape index (κ1) is 15.1. The third-order valence-electron chi connectivity index (χ3n) is 2.72. The highest BCUT2D eigenvalue weighted by Crippen LogP contribution is 2.24. The standard InChI is InChI=1S/C12H24N2OS2/c1-2-15-8-5-7-13-12(16)14-10-11-6-3-4-9-17-11/h11H,2-10H2,1H3,(H2,13,14,16). The Morgan fingerprint density at radius 2 is 2.29 bits per heavy atom. The second kappa shape index (κ2) is 9.97. The summed E-state index contributed by atoms with van der Waals surface area (Å²) in [4.78, 5) is 0. The van der Waals surface area contributed by atoms with Gasteiger partial charge in [-0.15, -0.1) is 0 Å². The van der Waals surface area contributed by atoms with Gasteiger partial charge in [-0.05, 0) is 44.2 Å². The van der Waals surface area contributed by atoms with Crippen LogP contribution >= 0.6 is 24.0 Å². The van der Waals surface area contributed by atoms with Crippen LogP contribution in [0.4, 0.5) is 0 Å². The molecule has 17 heavy (non-hydrogen) atoms. The topological polar surface area (TPSA) is 33.3 Å². The van der Waals surface area contributed by atoms with Crippen LogP contribution in [0.25, 0.3) is 0 Å². The van der Waals surface area contributed by atoms with Crippen molar-refractivity contribution in [1.82, 2.24) is 10.6 Å². The van der Waals surface area contributed by atoms with Crippen LogP contribution in [0.5, 0.6) is 0 Å². The summed E-state index contributed by atoms with van der Waals surface area (Å²) in [5.41, 5.74) is 0. The van der Waals surface area contributed by atoms with Crippen molar-refractivity contribution in [3.63, 3.8) is 0 Å². The van der Waals surface area contributed by atoms with E-state index in [2.05, 4.69) is 22.4 Å². The van der Waals surface area contributed by atoms with E-state index < -0.39 is 0 Å². The molecule has 1 saturated heterocycles. The Kier molecular flexibility index (Phi) is 8.83. The van der Waals surface area contributed by atoms with Gasteiger partial charge in [0.05, 0.1) is 0 Å². The average molecular weight is 276 g/mol. The second-order valence-electron chi connectivity index (χ2n) is 4.18. The summed E-state index contributed by atoms with van der Waals surface area (Å²) >= 11 is 7.30. The number of hydrogen-bond acceptors (Lipinski definition) is 3. The van der Waals surface area contributed by atoms with Crippen LogP contribution in [-0.4, -0.2) is 42.4 Å². The van der Waals surface area contributed by atoms with Crippen molar-refractivity contribution < 1.29 is 4.74 Å². The van der Waals surface area contributed by atoms with Crippen molar-refractivity contribution in [1.29, 1.82) is 0 Å². The molecule has 0 radical (unpaired) electrons. The predicted octanol–water partition coefficient (Wildman–Crippen LogP) is 2.16. The molecule has 1 atom stereocenters. The Hall–Kier alpha value is 0. The smallest absolute Gasteiger partial charge is 0.166 e. The highest BCUT2D eigenvalue weighted by Gasteiger charge is 2.13. The number of thiocarbonyl (C=S) groups is 1. The fraction of sp³-hybridized carbons (Fsp3) is 0.917. The van der Waals surface area contributed by atoms with Crippen molar-refractivity contribution in [2.24, 2.45) is 0 Å². The zero-order valence-corrected chi connectivity index (χ0v) is 12.3. The average Bonchev–Trinajstić information content (AvgIpc) is 2.37. The Morgan fingerprint density at radius 1 is 1.41 bits per heavy atom. The van der Waals surface area contributed by atoms with Gasteiger partial charge in [0.15, 0.2) is 5.11 Å². The van der Waals surface area contributed by atoms with Crippen LogP contribution < -0.4 is 10.6 Å². The van der Waals surface area contributed by atoms with Crippen LogP contribution in [0.3, 0.4) is 0 Å². The molecule has 5 heteroatoms. The molecule has 1 aliphatic rings. The first-order chi connectivity index (χ1) is 8.33. The third kappa shape index (κ3) is 7.84. The molecule has 3 nitrogen and oxygen atoms in total. The number of nitrogens with one attached hydrogen (secondary N) is 2. The van der Waals surface area contributed by atoms with E-state index in [1.54, 1.807) is 0 Å². The van der Waals surface area contributed by atoms with Gasteiger partial charge < -0.3 is 15.4 Å². The molecule has 1 fully saturated rings. The van der Waals surface area contributed by atoms with Crippen LogP contribution in [-0.2, 0) is 4.74 Å². The number of rotatable bonds is 7. The minimum Gasteiger partial charge on any atom is -0.382 e. The zero-order valence-electron chi connectivity index (χ0n) is 10.7. The lowest BCUT2D eigenvalue weighted by Crippen LogP contribution is -2.39. The van der Waals surface area contributed by atoms with E-state index in [-0.39, 0.29) is 0 Å². The first-order valence-corrected chi connectivity index (χ1v) is 7.99. The minimum atomic E-state index is 0.743. The second-order valence-corrected chi connectivity index (χ2v) is 5.99. The molecule has 100 valence electrons. The molecule has 0 spiro atoms. The van der Waals surface area contributed by atoms with E-state index in [1.165, 1.54) is 25.0 Å². The van der Waals surface area contributed by atoms with Crippen LogP contribution in [0.2, 0.25) is 0 Å². The van der Waals surface area contributed by atoms with E-state index in [4.69, 9.17) is 17.0 Å². The van der Waals surface area contributed by atoms with Gasteiger partial charge in [0, 0.05) is 31.6 Å². The maximum atomic E-state index is 5.26. The van der Waals surface area contributed by atoms with Gasteiger partial charge in [0.1, 0.15) is 0 Å². The van der Waals surface area contributed by atoms with Crippen molar-refractivity contribution >= 4 is 29.1 Å². The van der Waals surface area contributed by atoms with Gasteiger partial charge in [-0.3, -0.25) is 0 Å². The van der Waals surface area contributed by atoms with Crippen molar-refractivity contribution in [2.75, 3.05) is 32.1 Å². The van der Waals surface area contributed by atoms with E-state index >= 15 is 0 Å². The van der Waals surface area contributed by atoms with Crippen LogP contribution in [0.1, 0.15) is 32.6 Å². The molecule has 0 aromatic carbocycles. The fourth-order valence-corrected chi connectivity index (χ4v) is 3.18. The quantitative estimate of drug-likeness (QED) is 0.550. The minimum absolute atomic E-state index is 0.743. The fourth-order valence-electron chi connectivity index (χ4n) is 1.76. The van der Waals surface area contributed by atoms with Crippen LogP contribution in [0.15, 0.2) is 0 Å². The summed E-state index contributed by atoms with van der Waals surface area (Å²) in [7, 11) is 0.